The van der Waals surface area contributed by atoms with Crippen molar-refractivity contribution in [3.63, 3.8) is 0 Å². The molecule has 1 aliphatic heterocycles. The van der Waals surface area contributed by atoms with E-state index in [0.29, 0.717) is 6.04 Å². The van der Waals surface area contributed by atoms with Gasteiger partial charge in [0, 0.05) is 29.8 Å². The standard InChI is InChI=1S/C14H19BrClN3/c15-11-6-13(16)14(18-7-11)19(8-10-3-4-10)9-12-2-1-5-17-12/h6-7,10,12,17H,1-5,8-9H2. The van der Waals surface area contributed by atoms with Crippen LogP contribution >= 0.6 is 27.5 Å². The van der Waals surface area contributed by atoms with Crippen LogP contribution in [0.5, 0.6) is 0 Å². The monoisotopic (exact) mass is 343 g/mol. The molecule has 2 fully saturated rings. The molecule has 1 saturated heterocycles. The summed E-state index contributed by atoms with van der Waals surface area (Å²) in [6.07, 6.45) is 7.08. The van der Waals surface area contributed by atoms with Crippen molar-refractivity contribution in [1.29, 1.82) is 0 Å². The molecule has 3 nitrogen and oxygen atoms in total. The lowest BCUT2D eigenvalue weighted by atomic mass is 10.2. The first-order chi connectivity index (χ1) is 9.22. The Morgan fingerprint density at radius 3 is 2.84 bits per heavy atom. The van der Waals surface area contributed by atoms with Gasteiger partial charge in [-0.3, -0.25) is 0 Å². The minimum Gasteiger partial charge on any atom is -0.354 e. The highest BCUT2D eigenvalue weighted by molar-refractivity contribution is 9.10. The Kier molecular flexibility index (Phi) is 4.30. The van der Waals surface area contributed by atoms with Gasteiger partial charge in [0.25, 0.3) is 0 Å². The van der Waals surface area contributed by atoms with Crippen molar-refractivity contribution in [3.8, 4) is 0 Å². The minimum absolute atomic E-state index is 0.584. The molecule has 19 heavy (non-hydrogen) atoms. The van der Waals surface area contributed by atoms with Crippen molar-refractivity contribution in [2.75, 3.05) is 24.5 Å². The third-order valence-electron chi connectivity index (χ3n) is 3.87. The third-order valence-corrected chi connectivity index (χ3v) is 4.58. The second kappa shape index (κ2) is 5.98. The van der Waals surface area contributed by atoms with E-state index in [0.717, 1.165) is 40.9 Å². The Balaban J connectivity index is 1.75. The van der Waals surface area contributed by atoms with Crippen molar-refractivity contribution < 1.29 is 0 Å². The van der Waals surface area contributed by atoms with E-state index in [4.69, 9.17) is 11.6 Å². The van der Waals surface area contributed by atoms with Crippen molar-refractivity contribution in [2.45, 2.75) is 31.7 Å². The van der Waals surface area contributed by atoms with Crippen molar-refractivity contribution in [2.24, 2.45) is 5.92 Å². The fraction of sp³-hybridized carbons (Fsp3) is 0.643. The van der Waals surface area contributed by atoms with Crippen LogP contribution in [0.3, 0.4) is 0 Å². The minimum atomic E-state index is 0.584. The number of hydrogen-bond acceptors (Lipinski definition) is 3. The summed E-state index contributed by atoms with van der Waals surface area (Å²) >= 11 is 9.78. The van der Waals surface area contributed by atoms with Crippen LogP contribution in [-0.4, -0.2) is 30.7 Å². The number of halogens is 2. The summed E-state index contributed by atoms with van der Waals surface area (Å²) in [6.45, 7) is 3.25. The van der Waals surface area contributed by atoms with E-state index in [1.165, 1.54) is 25.7 Å². The quantitative estimate of drug-likeness (QED) is 0.886. The van der Waals surface area contributed by atoms with Gasteiger partial charge in [-0.2, -0.15) is 0 Å². The van der Waals surface area contributed by atoms with Gasteiger partial charge in [0.15, 0.2) is 0 Å². The predicted molar refractivity (Wildman–Crippen MR) is 82.9 cm³/mol. The topological polar surface area (TPSA) is 28.2 Å². The summed E-state index contributed by atoms with van der Waals surface area (Å²) in [5.74, 6) is 1.77. The molecule has 0 amide bonds. The van der Waals surface area contributed by atoms with Crippen LogP contribution in [0.25, 0.3) is 0 Å². The average molecular weight is 345 g/mol. The highest BCUT2D eigenvalue weighted by atomic mass is 79.9. The molecule has 1 aromatic heterocycles. The van der Waals surface area contributed by atoms with Gasteiger partial charge >= 0.3 is 0 Å². The Bertz CT molecular complexity index is 444. The summed E-state index contributed by atoms with van der Waals surface area (Å²) in [6, 6.07) is 2.52. The number of pyridine rings is 1. The SMILES string of the molecule is Clc1cc(Br)cnc1N(CC1CC1)CC1CCCN1. The third kappa shape index (κ3) is 3.61. The van der Waals surface area contributed by atoms with Crippen LogP contribution in [0.1, 0.15) is 25.7 Å². The summed E-state index contributed by atoms with van der Waals surface area (Å²) in [4.78, 5) is 6.89. The lowest BCUT2D eigenvalue weighted by Gasteiger charge is -2.27. The molecule has 3 rings (SSSR count). The van der Waals surface area contributed by atoms with E-state index in [-0.39, 0.29) is 0 Å². The van der Waals surface area contributed by atoms with Crippen molar-refractivity contribution >= 4 is 33.3 Å². The molecule has 104 valence electrons. The second-order valence-electron chi connectivity index (χ2n) is 5.60. The van der Waals surface area contributed by atoms with Crippen LogP contribution < -0.4 is 10.2 Å². The van der Waals surface area contributed by atoms with E-state index in [9.17, 15) is 0 Å². The molecule has 1 saturated carbocycles. The lowest BCUT2D eigenvalue weighted by Crippen LogP contribution is -2.39. The van der Waals surface area contributed by atoms with Gasteiger partial charge in [0.2, 0.25) is 0 Å². The Morgan fingerprint density at radius 1 is 1.37 bits per heavy atom. The number of nitrogens with one attached hydrogen (secondary N) is 1. The Morgan fingerprint density at radius 2 is 2.21 bits per heavy atom. The number of anilines is 1. The maximum atomic E-state index is 6.36. The molecule has 1 aliphatic carbocycles. The molecule has 1 atom stereocenters. The number of hydrogen-bond donors (Lipinski definition) is 1. The normalized spacial score (nSPS) is 22.7. The smallest absolute Gasteiger partial charge is 0.147 e. The predicted octanol–water partition coefficient (Wildman–Crippen LogP) is 3.47. The summed E-state index contributed by atoms with van der Waals surface area (Å²) in [5.41, 5.74) is 0. The van der Waals surface area contributed by atoms with Gasteiger partial charge in [-0.05, 0) is 60.1 Å². The molecule has 5 heteroatoms. The van der Waals surface area contributed by atoms with E-state index in [1.807, 2.05) is 12.3 Å². The first kappa shape index (κ1) is 13.7. The fourth-order valence-electron chi connectivity index (χ4n) is 2.68. The molecule has 1 unspecified atom stereocenters. The molecule has 2 aliphatic rings. The van der Waals surface area contributed by atoms with Gasteiger partial charge in [0.05, 0.1) is 5.02 Å². The van der Waals surface area contributed by atoms with Gasteiger partial charge in [-0.25, -0.2) is 4.98 Å². The molecular weight excluding hydrogens is 326 g/mol. The maximum absolute atomic E-state index is 6.36. The molecule has 0 radical (unpaired) electrons. The molecule has 0 aromatic carbocycles. The molecule has 0 bridgehead atoms. The second-order valence-corrected chi connectivity index (χ2v) is 6.92. The fourth-order valence-corrected chi connectivity index (χ4v) is 3.43. The molecule has 1 aromatic rings. The Labute approximate surface area is 127 Å². The van der Waals surface area contributed by atoms with Crippen molar-refractivity contribution in [1.82, 2.24) is 10.3 Å². The molecule has 1 N–H and O–H groups in total. The van der Waals surface area contributed by atoms with Crippen LogP contribution in [0.4, 0.5) is 5.82 Å². The van der Waals surface area contributed by atoms with Gasteiger partial charge in [-0.1, -0.05) is 11.6 Å². The molecular formula is C14H19BrClN3. The summed E-state index contributed by atoms with van der Waals surface area (Å²) in [5, 5.41) is 4.30. The number of aromatic nitrogens is 1. The van der Waals surface area contributed by atoms with Crippen LogP contribution in [0.15, 0.2) is 16.7 Å². The first-order valence-corrected chi connectivity index (χ1v) is 8.19. The molecule has 2 heterocycles. The zero-order valence-electron chi connectivity index (χ0n) is 10.9. The average Bonchev–Trinajstić information content (AvgIpc) is 3.03. The number of rotatable bonds is 5. The largest absolute Gasteiger partial charge is 0.354 e. The van der Waals surface area contributed by atoms with E-state index in [1.54, 1.807) is 0 Å². The van der Waals surface area contributed by atoms with Crippen LogP contribution in [0.2, 0.25) is 5.02 Å². The first-order valence-electron chi connectivity index (χ1n) is 7.02. The van der Waals surface area contributed by atoms with E-state index < -0.39 is 0 Å². The maximum Gasteiger partial charge on any atom is 0.147 e. The number of nitrogens with zero attached hydrogens (tertiary/aromatic N) is 2. The Hall–Kier alpha value is -0.320. The van der Waals surface area contributed by atoms with Gasteiger partial charge in [-0.15, -0.1) is 0 Å². The lowest BCUT2D eigenvalue weighted by molar-refractivity contribution is 0.567. The van der Waals surface area contributed by atoms with Crippen LogP contribution in [-0.2, 0) is 0 Å². The summed E-state index contributed by atoms with van der Waals surface area (Å²) in [7, 11) is 0. The zero-order valence-corrected chi connectivity index (χ0v) is 13.3. The van der Waals surface area contributed by atoms with E-state index >= 15 is 0 Å². The van der Waals surface area contributed by atoms with E-state index in [2.05, 4.69) is 31.1 Å². The zero-order chi connectivity index (χ0) is 13.2. The van der Waals surface area contributed by atoms with Crippen molar-refractivity contribution in [3.05, 3.63) is 21.8 Å². The highest BCUT2D eigenvalue weighted by Crippen LogP contribution is 2.34. The van der Waals surface area contributed by atoms with Crippen LogP contribution in [0, 0.1) is 5.92 Å². The summed E-state index contributed by atoms with van der Waals surface area (Å²) < 4.78 is 0.937. The highest BCUT2D eigenvalue weighted by Gasteiger charge is 2.28. The van der Waals surface area contributed by atoms with Gasteiger partial charge < -0.3 is 10.2 Å². The molecule has 0 spiro atoms. The van der Waals surface area contributed by atoms with Gasteiger partial charge in [0.1, 0.15) is 5.82 Å².